The number of carboxylic acids is 1. The van der Waals surface area contributed by atoms with Gasteiger partial charge in [0.2, 0.25) is 0 Å². The third kappa shape index (κ3) is 1.83. The molecule has 0 amide bonds. The summed E-state index contributed by atoms with van der Waals surface area (Å²) in [6.45, 7) is -1.70. The summed E-state index contributed by atoms with van der Waals surface area (Å²) >= 11 is 0. The summed E-state index contributed by atoms with van der Waals surface area (Å²) in [5.41, 5.74) is 0. The molecule has 0 aliphatic rings. The highest BCUT2D eigenvalue weighted by Gasteiger charge is 2.61. The summed E-state index contributed by atoms with van der Waals surface area (Å²) in [6, 6.07) is 0. The van der Waals surface area contributed by atoms with E-state index in [1.807, 2.05) is 0 Å². The molecule has 0 aromatic carbocycles. The largest absolute Gasteiger partial charge is 0.477 e. The summed E-state index contributed by atoms with van der Waals surface area (Å²) in [5.74, 6) is -13.0. The number of carbonyl (C=O) groups is 1. The Labute approximate surface area is 64.0 Å². The molecule has 0 radical (unpaired) electrons. The van der Waals surface area contributed by atoms with E-state index in [1.54, 1.807) is 0 Å². The minimum atomic E-state index is -5.21. The molecule has 1 N–H and O–H groups in total. The molecule has 0 unspecified atom stereocenters. The molecule has 72 valence electrons. The van der Waals surface area contributed by atoms with Crippen LogP contribution < -0.4 is 0 Å². The Morgan fingerprint density at radius 3 is 1.92 bits per heavy atom. The van der Waals surface area contributed by atoms with Crippen LogP contribution in [0, 0.1) is 0 Å². The topological polar surface area (TPSA) is 37.3 Å². The summed E-state index contributed by atoms with van der Waals surface area (Å²) in [6.07, 6.45) is -1.80. The Hall–Kier alpha value is -0.880. The van der Waals surface area contributed by atoms with Gasteiger partial charge in [0.25, 0.3) is 0 Å². The molecule has 0 saturated carbocycles. The van der Waals surface area contributed by atoms with Gasteiger partial charge in [-0.3, -0.25) is 4.39 Å². The average molecular weight is 192 g/mol. The average Bonchev–Trinajstić information content (AvgIpc) is 1.86. The quantitative estimate of drug-likeness (QED) is 0.688. The maximum Gasteiger partial charge on any atom is 0.404 e. The fraction of sp³-hybridized carbons (Fsp3) is 0.800. The van der Waals surface area contributed by atoms with Gasteiger partial charge in [-0.1, -0.05) is 0 Å². The highest BCUT2D eigenvalue weighted by atomic mass is 19.3. The predicted molar refractivity (Wildman–Crippen MR) is 28.1 cm³/mol. The minimum absolute atomic E-state index is 1.70. The normalized spacial score (nSPS) is 13.1. The van der Waals surface area contributed by atoms with Crippen LogP contribution in [0.1, 0.15) is 6.42 Å². The van der Waals surface area contributed by atoms with Gasteiger partial charge >= 0.3 is 17.8 Å². The van der Waals surface area contributed by atoms with Crippen molar-refractivity contribution >= 4 is 5.97 Å². The van der Waals surface area contributed by atoms with Crippen LogP contribution in [-0.2, 0) is 4.79 Å². The van der Waals surface area contributed by atoms with Crippen LogP contribution in [0.15, 0.2) is 0 Å². The van der Waals surface area contributed by atoms with E-state index in [9.17, 15) is 26.7 Å². The Morgan fingerprint density at radius 1 is 1.25 bits per heavy atom. The fourth-order valence-corrected chi connectivity index (χ4v) is 0.432. The first kappa shape index (κ1) is 11.1. The van der Waals surface area contributed by atoms with Gasteiger partial charge in [-0.15, -0.1) is 0 Å². The number of hydrogen-bond acceptors (Lipinski definition) is 1. The number of hydrogen-bond donors (Lipinski definition) is 1. The monoisotopic (exact) mass is 192 g/mol. The van der Waals surface area contributed by atoms with Crippen molar-refractivity contribution in [2.24, 2.45) is 0 Å². The van der Waals surface area contributed by atoms with E-state index < -0.39 is 30.9 Å². The first-order chi connectivity index (χ1) is 5.25. The Kier molecular flexibility index (Phi) is 3.00. The molecular formula is C5H5F5O2. The predicted octanol–water partition coefficient (Wildman–Crippen LogP) is 1.70. The molecule has 0 atom stereocenters. The van der Waals surface area contributed by atoms with E-state index in [1.165, 1.54) is 0 Å². The lowest BCUT2D eigenvalue weighted by Crippen LogP contribution is -2.47. The van der Waals surface area contributed by atoms with Crippen LogP contribution in [0.3, 0.4) is 0 Å². The van der Waals surface area contributed by atoms with E-state index in [0.29, 0.717) is 0 Å². The van der Waals surface area contributed by atoms with Crippen molar-refractivity contribution in [2.45, 2.75) is 18.3 Å². The van der Waals surface area contributed by atoms with Gasteiger partial charge in [-0.2, -0.15) is 17.6 Å². The van der Waals surface area contributed by atoms with Crippen LogP contribution in [0.4, 0.5) is 22.0 Å². The fourth-order valence-electron chi connectivity index (χ4n) is 0.432. The zero-order valence-electron chi connectivity index (χ0n) is 5.66. The number of halogens is 5. The van der Waals surface area contributed by atoms with E-state index in [-0.39, 0.29) is 0 Å². The van der Waals surface area contributed by atoms with Gasteiger partial charge in [0.1, 0.15) is 0 Å². The second-order valence-electron chi connectivity index (χ2n) is 2.02. The summed E-state index contributed by atoms with van der Waals surface area (Å²) in [7, 11) is 0. The summed E-state index contributed by atoms with van der Waals surface area (Å²) < 4.78 is 59.4. The first-order valence-electron chi connectivity index (χ1n) is 2.80. The summed E-state index contributed by atoms with van der Waals surface area (Å²) in [5, 5.41) is 7.65. The molecule has 2 nitrogen and oxygen atoms in total. The highest BCUT2D eigenvalue weighted by Crippen LogP contribution is 2.37. The second kappa shape index (κ2) is 3.24. The molecule has 0 saturated heterocycles. The van der Waals surface area contributed by atoms with Crippen molar-refractivity contribution in [1.82, 2.24) is 0 Å². The molecule has 0 aromatic rings. The van der Waals surface area contributed by atoms with Crippen LogP contribution in [0.5, 0.6) is 0 Å². The third-order valence-corrected chi connectivity index (χ3v) is 1.14. The maximum atomic E-state index is 12.1. The molecule has 0 rings (SSSR count). The Morgan fingerprint density at radius 2 is 1.67 bits per heavy atom. The minimum Gasteiger partial charge on any atom is -0.477 e. The molecule has 12 heavy (non-hydrogen) atoms. The summed E-state index contributed by atoms with van der Waals surface area (Å²) in [4.78, 5) is 9.59. The van der Waals surface area contributed by atoms with Gasteiger partial charge in [0, 0.05) is 6.42 Å². The van der Waals surface area contributed by atoms with Crippen molar-refractivity contribution in [3.63, 3.8) is 0 Å². The van der Waals surface area contributed by atoms with Crippen molar-refractivity contribution in [3.8, 4) is 0 Å². The molecular weight excluding hydrogens is 187 g/mol. The van der Waals surface area contributed by atoms with Gasteiger partial charge in [0.05, 0.1) is 6.67 Å². The van der Waals surface area contributed by atoms with Crippen LogP contribution in [0.25, 0.3) is 0 Å². The standard InChI is InChI=1S/C5H5F5O2/c6-2-1-4(7,8)5(9,10)3(11)12/h1-2H2,(H,11,12). The van der Waals surface area contributed by atoms with E-state index in [0.717, 1.165) is 0 Å². The lowest BCUT2D eigenvalue weighted by atomic mass is 10.1. The molecule has 0 spiro atoms. The van der Waals surface area contributed by atoms with E-state index >= 15 is 0 Å². The van der Waals surface area contributed by atoms with E-state index in [2.05, 4.69) is 0 Å². The lowest BCUT2D eigenvalue weighted by molar-refractivity contribution is -0.226. The third-order valence-electron chi connectivity index (χ3n) is 1.14. The molecule has 0 aliphatic carbocycles. The molecule has 7 heteroatoms. The zero-order chi connectivity index (χ0) is 9.99. The van der Waals surface area contributed by atoms with Gasteiger partial charge < -0.3 is 5.11 Å². The molecule has 0 fully saturated rings. The molecule has 0 aromatic heterocycles. The van der Waals surface area contributed by atoms with Crippen molar-refractivity contribution in [2.75, 3.05) is 6.67 Å². The van der Waals surface area contributed by atoms with Crippen LogP contribution in [-0.4, -0.2) is 29.6 Å². The van der Waals surface area contributed by atoms with Gasteiger partial charge in [-0.05, 0) is 0 Å². The SMILES string of the molecule is O=C(O)C(F)(F)C(F)(F)CCF. The van der Waals surface area contributed by atoms with Crippen LogP contribution >= 0.6 is 0 Å². The number of alkyl halides is 5. The maximum absolute atomic E-state index is 12.1. The van der Waals surface area contributed by atoms with Gasteiger partial charge in [-0.25, -0.2) is 4.79 Å². The number of rotatable bonds is 4. The number of aliphatic carboxylic acids is 1. The van der Waals surface area contributed by atoms with Crippen LogP contribution in [0.2, 0.25) is 0 Å². The second-order valence-corrected chi connectivity index (χ2v) is 2.02. The molecule has 0 bridgehead atoms. The first-order valence-corrected chi connectivity index (χ1v) is 2.80. The Balaban J connectivity index is 4.62. The number of carboxylic acid groups (broad SMARTS) is 1. The molecule has 0 heterocycles. The molecule has 0 aliphatic heterocycles. The zero-order valence-corrected chi connectivity index (χ0v) is 5.66. The Bertz CT molecular complexity index is 179. The highest BCUT2D eigenvalue weighted by molar-refractivity contribution is 5.76. The lowest BCUT2D eigenvalue weighted by Gasteiger charge is -2.21. The van der Waals surface area contributed by atoms with Gasteiger partial charge in [0.15, 0.2) is 0 Å². The van der Waals surface area contributed by atoms with E-state index in [4.69, 9.17) is 5.11 Å². The van der Waals surface area contributed by atoms with Crippen molar-refractivity contribution in [1.29, 1.82) is 0 Å². The van der Waals surface area contributed by atoms with Crippen molar-refractivity contribution in [3.05, 3.63) is 0 Å². The smallest absolute Gasteiger partial charge is 0.404 e. The van der Waals surface area contributed by atoms with Crippen molar-refractivity contribution < 1.29 is 31.9 Å².